The normalized spacial score (nSPS) is 13.9. The largest absolute Gasteiger partial charge is 0.394 e. The number of nitrogens with zero attached hydrogens (tertiary/aromatic N) is 1. The van der Waals surface area contributed by atoms with Gasteiger partial charge in [0.2, 0.25) is 0 Å². The topological polar surface area (TPSA) is 45.1 Å². The molecule has 94 valence electrons. The Labute approximate surface area is 115 Å². The second-order valence-corrected chi connectivity index (χ2v) is 5.25. The van der Waals surface area contributed by atoms with Gasteiger partial charge in [0.25, 0.3) is 0 Å². The van der Waals surface area contributed by atoms with Crippen LogP contribution in [0.4, 0.5) is 5.69 Å². The third-order valence-corrected chi connectivity index (χ3v) is 3.34. The second kappa shape index (κ2) is 5.50. The molecule has 1 unspecified atom stereocenters. The highest BCUT2D eigenvalue weighted by Crippen LogP contribution is 2.25. The van der Waals surface area contributed by atoms with Crippen molar-refractivity contribution in [3.63, 3.8) is 0 Å². The van der Waals surface area contributed by atoms with Gasteiger partial charge in [-0.15, -0.1) is 0 Å². The van der Waals surface area contributed by atoms with Crippen molar-refractivity contribution in [3.05, 3.63) is 58.8 Å². The Kier molecular flexibility index (Phi) is 3.99. The van der Waals surface area contributed by atoms with Crippen LogP contribution in [0.3, 0.4) is 0 Å². The van der Waals surface area contributed by atoms with E-state index in [4.69, 9.17) is 0 Å². The molecule has 0 spiro atoms. The summed E-state index contributed by atoms with van der Waals surface area (Å²) in [5.41, 5.74) is 1.17. The van der Waals surface area contributed by atoms with Gasteiger partial charge >= 0.3 is 0 Å². The fourth-order valence-corrected chi connectivity index (χ4v) is 1.99. The average Bonchev–Trinajstić information content (AvgIpc) is 2.42. The molecule has 0 bridgehead atoms. The number of aliphatic hydroxyl groups excluding tert-OH is 1. The lowest BCUT2D eigenvalue weighted by molar-refractivity contribution is 0.221. The summed E-state index contributed by atoms with van der Waals surface area (Å²) in [6, 6.07) is 13.5. The van der Waals surface area contributed by atoms with Gasteiger partial charge in [0.05, 0.1) is 17.8 Å². The number of anilines is 1. The fourth-order valence-electron chi connectivity index (χ4n) is 1.73. The summed E-state index contributed by atoms with van der Waals surface area (Å²) in [4.78, 5) is 4.30. The Hall–Kier alpha value is -1.39. The van der Waals surface area contributed by atoms with Crippen LogP contribution in [-0.4, -0.2) is 16.7 Å². The van der Waals surface area contributed by atoms with Gasteiger partial charge in [-0.05, 0) is 43.3 Å². The van der Waals surface area contributed by atoms with Crippen LogP contribution in [0.2, 0.25) is 0 Å². The van der Waals surface area contributed by atoms with Gasteiger partial charge in [0.15, 0.2) is 0 Å². The van der Waals surface area contributed by atoms with E-state index in [1.807, 2.05) is 49.4 Å². The molecule has 0 aliphatic rings. The molecule has 0 fully saturated rings. The first-order valence-electron chi connectivity index (χ1n) is 5.70. The Morgan fingerprint density at radius 2 is 1.94 bits per heavy atom. The Morgan fingerprint density at radius 3 is 2.50 bits per heavy atom. The number of benzene rings is 1. The minimum Gasteiger partial charge on any atom is -0.394 e. The molecule has 2 aromatic rings. The molecule has 0 amide bonds. The quantitative estimate of drug-likeness (QED) is 0.912. The Bertz CT molecular complexity index is 501. The lowest BCUT2D eigenvalue weighted by Crippen LogP contribution is -2.36. The van der Waals surface area contributed by atoms with Crippen molar-refractivity contribution in [2.24, 2.45) is 0 Å². The monoisotopic (exact) mass is 306 g/mol. The number of hydrogen-bond acceptors (Lipinski definition) is 3. The predicted molar refractivity (Wildman–Crippen MR) is 76.4 cm³/mol. The zero-order valence-corrected chi connectivity index (χ0v) is 11.7. The summed E-state index contributed by atoms with van der Waals surface area (Å²) < 4.78 is 1.02. The SMILES string of the molecule is CC(CO)(Nc1ccc(Br)cc1)c1ccccn1. The summed E-state index contributed by atoms with van der Waals surface area (Å²) in [5, 5.41) is 13.0. The van der Waals surface area contributed by atoms with E-state index in [1.54, 1.807) is 6.20 Å². The Balaban J connectivity index is 2.26. The molecule has 3 nitrogen and oxygen atoms in total. The van der Waals surface area contributed by atoms with E-state index in [2.05, 4.69) is 26.2 Å². The predicted octanol–water partition coefficient (Wildman–Crippen LogP) is 3.16. The summed E-state index contributed by atoms with van der Waals surface area (Å²) in [7, 11) is 0. The number of aliphatic hydroxyl groups is 1. The van der Waals surface area contributed by atoms with Crippen molar-refractivity contribution in [3.8, 4) is 0 Å². The second-order valence-electron chi connectivity index (χ2n) is 4.34. The number of nitrogens with one attached hydrogen (secondary N) is 1. The van der Waals surface area contributed by atoms with Gasteiger partial charge < -0.3 is 10.4 Å². The third kappa shape index (κ3) is 2.89. The third-order valence-electron chi connectivity index (χ3n) is 2.81. The van der Waals surface area contributed by atoms with E-state index in [9.17, 15) is 5.11 Å². The van der Waals surface area contributed by atoms with Crippen molar-refractivity contribution < 1.29 is 5.11 Å². The highest BCUT2D eigenvalue weighted by molar-refractivity contribution is 9.10. The van der Waals surface area contributed by atoms with Crippen LogP contribution in [0.25, 0.3) is 0 Å². The van der Waals surface area contributed by atoms with Crippen LogP contribution in [0.5, 0.6) is 0 Å². The zero-order chi connectivity index (χ0) is 13.0. The van der Waals surface area contributed by atoms with E-state index in [0.29, 0.717) is 0 Å². The molecule has 2 rings (SSSR count). The number of halogens is 1. The standard InChI is InChI=1S/C14H15BrN2O/c1-14(10-18,13-4-2-3-9-16-13)17-12-7-5-11(15)6-8-12/h2-9,17-18H,10H2,1H3. The Morgan fingerprint density at radius 1 is 1.22 bits per heavy atom. The average molecular weight is 307 g/mol. The summed E-state index contributed by atoms with van der Waals surface area (Å²) in [5.74, 6) is 0. The van der Waals surface area contributed by atoms with Gasteiger partial charge in [-0.3, -0.25) is 4.98 Å². The molecule has 1 atom stereocenters. The van der Waals surface area contributed by atoms with Crippen LogP contribution >= 0.6 is 15.9 Å². The van der Waals surface area contributed by atoms with Crippen molar-refractivity contribution >= 4 is 21.6 Å². The molecule has 0 aliphatic heterocycles. The smallest absolute Gasteiger partial charge is 0.1000 e. The van der Waals surface area contributed by atoms with Crippen LogP contribution < -0.4 is 5.32 Å². The molecule has 4 heteroatoms. The maximum absolute atomic E-state index is 9.64. The van der Waals surface area contributed by atoms with E-state index >= 15 is 0 Å². The minimum atomic E-state index is -0.588. The zero-order valence-electron chi connectivity index (χ0n) is 10.1. The van der Waals surface area contributed by atoms with Crippen LogP contribution in [-0.2, 0) is 5.54 Å². The molecule has 0 aliphatic carbocycles. The van der Waals surface area contributed by atoms with Gasteiger partial charge in [0.1, 0.15) is 0 Å². The molecular weight excluding hydrogens is 292 g/mol. The number of hydrogen-bond donors (Lipinski definition) is 2. The van der Waals surface area contributed by atoms with Crippen molar-refractivity contribution in [2.45, 2.75) is 12.5 Å². The first-order valence-corrected chi connectivity index (χ1v) is 6.49. The molecule has 1 aromatic heterocycles. The maximum atomic E-state index is 9.64. The van der Waals surface area contributed by atoms with E-state index in [-0.39, 0.29) is 6.61 Å². The van der Waals surface area contributed by atoms with E-state index in [0.717, 1.165) is 15.9 Å². The van der Waals surface area contributed by atoms with E-state index in [1.165, 1.54) is 0 Å². The van der Waals surface area contributed by atoms with Crippen LogP contribution in [0.15, 0.2) is 53.1 Å². The van der Waals surface area contributed by atoms with Crippen LogP contribution in [0.1, 0.15) is 12.6 Å². The van der Waals surface area contributed by atoms with Gasteiger partial charge in [-0.2, -0.15) is 0 Å². The van der Waals surface area contributed by atoms with Gasteiger partial charge in [-0.25, -0.2) is 0 Å². The maximum Gasteiger partial charge on any atom is 0.1000 e. The molecule has 18 heavy (non-hydrogen) atoms. The van der Waals surface area contributed by atoms with Gasteiger partial charge in [-0.1, -0.05) is 22.0 Å². The lowest BCUT2D eigenvalue weighted by Gasteiger charge is -2.29. The number of pyridine rings is 1. The molecule has 0 radical (unpaired) electrons. The highest BCUT2D eigenvalue weighted by Gasteiger charge is 2.26. The van der Waals surface area contributed by atoms with Crippen molar-refractivity contribution in [2.75, 3.05) is 11.9 Å². The molecule has 1 heterocycles. The fraction of sp³-hybridized carbons (Fsp3) is 0.214. The molecule has 0 saturated heterocycles. The van der Waals surface area contributed by atoms with Crippen molar-refractivity contribution in [1.82, 2.24) is 4.98 Å². The van der Waals surface area contributed by atoms with Crippen molar-refractivity contribution in [1.29, 1.82) is 0 Å². The first-order chi connectivity index (χ1) is 8.64. The highest BCUT2D eigenvalue weighted by atomic mass is 79.9. The minimum absolute atomic E-state index is 0.0277. The van der Waals surface area contributed by atoms with Gasteiger partial charge in [0, 0.05) is 16.4 Å². The summed E-state index contributed by atoms with van der Waals surface area (Å²) in [6.07, 6.45) is 1.73. The molecule has 1 aromatic carbocycles. The molecular formula is C14H15BrN2O. The summed E-state index contributed by atoms with van der Waals surface area (Å²) in [6.45, 7) is 1.90. The number of aromatic nitrogens is 1. The molecule has 2 N–H and O–H groups in total. The number of rotatable bonds is 4. The molecule has 0 saturated carbocycles. The summed E-state index contributed by atoms with van der Waals surface area (Å²) >= 11 is 3.40. The first kappa shape index (κ1) is 13.1. The van der Waals surface area contributed by atoms with Crippen LogP contribution in [0, 0.1) is 0 Å². The lowest BCUT2D eigenvalue weighted by atomic mass is 9.97. The van der Waals surface area contributed by atoms with E-state index < -0.39 is 5.54 Å².